The molecule has 0 fully saturated rings. The lowest BCUT2D eigenvalue weighted by Crippen LogP contribution is -2.26. The molecule has 2 heterocycles. The average Bonchev–Trinajstić information content (AvgIpc) is 2.69. The number of halogens is 1. The van der Waals surface area contributed by atoms with Crippen LogP contribution in [0.3, 0.4) is 0 Å². The van der Waals surface area contributed by atoms with E-state index in [-0.39, 0.29) is 11.5 Å². The van der Waals surface area contributed by atoms with E-state index in [1.807, 2.05) is 29.2 Å². The van der Waals surface area contributed by atoms with Gasteiger partial charge in [-0.2, -0.15) is 0 Å². The van der Waals surface area contributed by atoms with Crippen LogP contribution in [0.1, 0.15) is 12.0 Å². The predicted molar refractivity (Wildman–Crippen MR) is 105 cm³/mol. The van der Waals surface area contributed by atoms with E-state index >= 15 is 0 Å². The molecule has 0 spiro atoms. The molecule has 7 nitrogen and oxygen atoms in total. The number of aryl methyl sites for hydroxylation is 1. The highest BCUT2D eigenvalue weighted by molar-refractivity contribution is 6.30. The number of para-hydroxylation sites is 1. The van der Waals surface area contributed by atoms with Crippen molar-refractivity contribution < 1.29 is 4.92 Å². The van der Waals surface area contributed by atoms with Crippen molar-refractivity contribution in [3.8, 4) is 0 Å². The van der Waals surface area contributed by atoms with Gasteiger partial charge in [-0.3, -0.25) is 10.1 Å². The average molecular weight is 382 g/mol. The lowest BCUT2D eigenvalue weighted by atomic mass is 10.0. The first-order valence-corrected chi connectivity index (χ1v) is 8.89. The van der Waals surface area contributed by atoms with Crippen LogP contribution in [0.2, 0.25) is 5.02 Å². The minimum Gasteiger partial charge on any atom is -0.334 e. The van der Waals surface area contributed by atoms with Gasteiger partial charge in [0.2, 0.25) is 11.6 Å². The molecule has 4 rings (SSSR count). The Bertz CT molecular complexity index is 994. The Kier molecular flexibility index (Phi) is 4.60. The first kappa shape index (κ1) is 17.2. The van der Waals surface area contributed by atoms with E-state index in [1.54, 1.807) is 24.3 Å². The van der Waals surface area contributed by atoms with Gasteiger partial charge in [0.05, 0.1) is 4.92 Å². The largest absolute Gasteiger partial charge is 0.354 e. The van der Waals surface area contributed by atoms with Gasteiger partial charge in [-0.05, 0) is 48.7 Å². The third-order valence-corrected chi connectivity index (χ3v) is 4.71. The number of nitro groups is 1. The highest BCUT2D eigenvalue weighted by Gasteiger charge is 2.30. The molecule has 2 aromatic carbocycles. The van der Waals surface area contributed by atoms with Crippen LogP contribution in [-0.4, -0.2) is 21.4 Å². The molecule has 8 heteroatoms. The van der Waals surface area contributed by atoms with Crippen molar-refractivity contribution >= 4 is 40.3 Å². The molecule has 0 unspecified atom stereocenters. The molecule has 0 aliphatic carbocycles. The van der Waals surface area contributed by atoms with Gasteiger partial charge in [0.1, 0.15) is 6.33 Å². The normalized spacial score (nSPS) is 13.1. The van der Waals surface area contributed by atoms with Gasteiger partial charge in [0, 0.05) is 22.9 Å². The zero-order valence-electron chi connectivity index (χ0n) is 14.3. The van der Waals surface area contributed by atoms with Crippen molar-refractivity contribution in [1.29, 1.82) is 0 Å². The highest BCUT2D eigenvalue weighted by Crippen LogP contribution is 2.40. The van der Waals surface area contributed by atoms with Crippen molar-refractivity contribution in [2.24, 2.45) is 0 Å². The summed E-state index contributed by atoms with van der Waals surface area (Å²) in [4.78, 5) is 21.7. The van der Waals surface area contributed by atoms with E-state index in [9.17, 15) is 10.1 Å². The van der Waals surface area contributed by atoms with Crippen molar-refractivity contribution in [3.63, 3.8) is 0 Å². The maximum atomic E-state index is 11.9. The van der Waals surface area contributed by atoms with Crippen molar-refractivity contribution in [3.05, 3.63) is 75.6 Å². The molecule has 1 N–H and O–H groups in total. The van der Waals surface area contributed by atoms with Crippen LogP contribution in [0.25, 0.3) is 0 Å². The summed E-state index contributed by atoms with van der Waals surface area (Å²) in [5.41, 5.74) is 2.61. The number of aromatic nitrogens is 2. The zero-order valence-corrected chi connectivity index (χ0v) is 15.1. The Balaban J connectivity index is 1.78. The Morgan fingerprint density at radius 1 is 1.11 bits per heavy atom. The summed E-state index contributed by atoms with van der Waals surface area (Å²) in [6, 6.07) is 14.8. The van der Waals surface area contributed by atoms with E-state index in [2.05, 4.69) is 15.3 Å². The maximum absolute atomic E-state index is 11.9. The first-order valence-electron chi connectivity index (χ1n) is 8.51. The summed E-state index contributed by atoms with van der Waals surface area (Å²) in [5, 5.41) is 15.5. The molecule has 136 valence electrons. The van der Waals surface area contributed by atoms with Crippen LogP contribution < -0.4 is 10.2 Å². The third kappa shape index (κ3) is 3.41. The van der Waals surface area contributed by atoms with Gasteiger partial charge in [-0.15, -0.1) is 0 Å². The van der Waals surface area contributed by atoms with Gasteiger partial charge in [-0.1, -0.05) is 29.8 Å². The van der Waals surface area contributed by atoms with Crippen LogP contribution in [0, 0.1) is 10.1 Å². The standard InChI is InChI=1S/C19H16ClN5O2/c20-14-7-9-15(10-8-14)23-18-17(25(26)27)19(22-12-21-18)24-11-3-5-13-4-1-2-6-16(13)24/h1-2,4,6-10,12H,3,5,11H2,(H,21,22,23). The Labute approximate surface area is 160 Å². The summed E-state index contributed by atoms with van der Waals surface area (Å²) in [7, 11) is 0. The minimum absolute atomic E-state index is 0.148. The number of benzene rings is 2. The lowest BCUT2D eigenvalue weighted by Gasteiger charge is -2.30. The molecule has 0 saturated carbocycles. The van der Waals surface area contributed by atoms with Gasteiger partial charge in [0.25, 0.3) is 0 Å². The number of rotatable bonds is 4. The molecule has 1 aliphatic heterocycles. The monoisotopic (exact) mass is 381 g/mol. The van der Waals surface area contributed by atoms with E-state index in [0.29, 0.717) is 23.1 Å². The SMILES string of the molecule is O=[N+]([O-])c1c(Nc2ccc(Cl)cc2)ncnc1N1CCCc2ccccc21. The van der Waals surface area contributed by atoms with E-state index in [1.165, 1.54) is 6.33 Å². The van der Waals surface area contributed by atoms with E-state index in [4.69, 9.17) is 11.6 Å². The molecular weight excluding hydrogens is 366 g/mol. The summed E-state index contributed by atoms with van der Waals surface area (Å²) in [5.74, 6) is 0.439. The van der Waals surface area contributed by atoms with Crippen LogP contribution in [0.4, 0.5) is 28.7 Å². The molecule has 0 radical (unpaired) electrons. The van der Waals surface area contributed by atoms with Gasteiger partial charge >= 0.3 is 5.69 Å². The number of nitrogens with zero attached hydrogens (tertiary/aromatic N) is 4. The predicted octanol–water partition coefficient (Wildman–Crippen LogP) is 4.87. The molecule has 0 atom stereocenters. The van der Waals surface area contributed by atoms with Crippen molar-refractivity contribution in [1.82, 2.24) is 9.97 Å². The van der Waals surface area contributed by atoms with Crippen molar-refractivity contribution in [2.45, 2.75) is 12.8 Å². The second-order valence-corrected chi connectivity index (χ2v) is 6.60. The second kappa shape index (κ2) is 7.20. The minimum atomic E-state index is -0.440. The van der Waals surface area contributed by atoms with Crippen LogP contribution in [-0.2, 0) is 6.42 Å². The maximum Gasteiger partial charge on any atom is 0.354 e. The quantitative estimate of drug-likeness (QED) is 0.513. The highest BCUT2D eigenvalue weighted by atomic mass is 35.5. The zero-order chi connectivity index (χ0) is 18.8. The molecule has 1 aliphatic rings. The summed E-state index contributed by atoms with van der Waals surface area (Å²) < 4.78 is 0. The van der Waals surface area contributed by atoms with Gasteiger partial charge in [-0.25, -0.2) is 9.97 Å². The number of fused-ring (bicyclic) bond motifs is 1. The fraction of sp³-hybridized carbons (Fsp3) is 0.158. The fourth-order valence-corrected chi connectivity index (χ4v) is 3.38. The smallest absolute Gasteiger partial charge is 0.334 e. The van der Waals surface area contributed by atoms with Crippen LogP contribution in [0.5, 0.6) is 0 Å². The lowest BCUT2D eigenvalue weighted by molar-refractivity contribution is -0.383. The summed E-state index contributed by atoms with van der Waals surface area (Å²) in [6.07, 6.45) is 3.19. The van der Waals surface area contributed by atoms with Gasteiger partial charge < -0.3 is 10.2 Å². The van der Waals surface area contributed by atoms with Gasteiger partial charge in [0.15, 0.2) is 0 Å². The topological polar surface area (TPSA) is 84.2 Å². The number of nitrogens with one attached hydrogen (secondary N) is 1. The Morgan fingerprint density at radius 3 is 2.67 bits per heavy atom. The third-order valence-electron chi connectivity index (χ3n) is 4.46. The van der Waals surface area contributed by atoms with Crippen molar-refractivity contribution in [2.75, 3.05) is 16.8 Å². The molecule has 3 aromatic rings. The molecule has 0 amide bonds. The number of anilines is 4. The molecule has 27 heavy (non-hydrogen) atoms. The van der Waals surface area contributed by atoms with Crippen LogP contribution in [0.15, 0.2) is 54.9 Å². The summed E-state index contributed by atoms with van der Waals surface area (Å²) >= 11 is 5.90. The second-order valence-electron chi connectivity index (χ2n) is 6.17. The first-order chi connectivity index (χ1) is 13.1. The molecule has 0 bridgehead atoms. The number of hydrogen-bond acceptors (Lipinski definition) is 6. The molecule has 0 saturated heterocycles. The summed E-state index contributed by atoms with van der Waals surface area (Å²) in [6.45, 7) is 0.662. The Hall–Kier alpha value is -3.19. The van der Waals surface area contributed by atoms with E-state index in [0.717, 1.165) is 24.1 Å². The van der Waals surface area contributed by atoms with E-state index < -0.39 is 4.92 Å². The fourth-order valence-electron chi connectivity index (χ4n) is 3.25. The molecular formula is C19H16ClN5O2. The van der Waals surface area contributed by atoms with Crippen LogP contribution >= 0.6 is 11.6 Å². The number of hydrogen-bond donors (Lipinski definition) is 1. The Morgan fingerprint density at radius 2 is 1.89 bits per heavy atom. The molecule has 1 aromatic heterocycles.